The molecule has 1 fully saturated rings. The minimum atomic E-state index is -0.781. The Labute approximate surface area is 214 Å². The molecule has 0 spiro atoms. The number of hydrogen-bond donors (Lipinski definition) is 0. The molecule has 188 valence electrons. The lowest BCUT2D eigenvalue weighted by molar-refractivity contribution is -0.133. The first-order valence-electron chi connectivity index (χ1n) is 11.7. The maximum atomic E-state index is 14.3. The summed E-state index contributed by atoms with van der Waals surface area (Å²) in [6.45, 7) is 0.918. The Morgan fingerprint density at radius 1 is 1.06 bits per heavy atom. The molecule has 0 aliphatic carbocycles. The molecular weight excluding hydrogens is 486 g/mol. The number of carbonyl (C=O) groups is 2. The Balaban J connectivity index is 1.51. The van der Waals surface area contributed by atoms with Gasteiger partial charge in [-0.05, 0) is 48.0 Å². The summed E-state index contributed by atoms with van der Waals surface area (Å²) in [5.41, 5.74) is 0.683. The van der Waals surface area contributed by atoms with Gasteiger partial charge in [0.05, 0.1) is 5.56 Å². The van der Waals surface area contributed by atoms with Crippen molar-refractivity contribution in [1.29, 1.82) is 0 Å². The Morgan fingerprint density at radius 3 is 2.50 bits per heavy atom. The van der Waals surface area contributed by atoms with Crippen LogP contribution in [0.3, 0.4) is 0 Å². The van der Waals surface area contributed by atoms with Gasteiger partial charge in [-0.3, -0.25) is 9.59 Å². The van der Waals surface area contributed by atoms with E-state index in [9.17, 15) is 18.4 Å². The molecule has 0 radical (unpaired) electrons. The number of hydrogen-bond acceptors (Lipinski definition) is 3. The van der Waals surface area contributed by atoms with E-state index >= 15 is 0 Å². The fraction of sp³-hybridized carbons (Fsp3) is 0.286. The molecule has 0 bridgehead atoms. The number of likely N-dealkylation sites (tertiary alicyclic amines) is 1. The highest BCUT2D eigenvalue weighted by atomic mass is 35.5. The van der Waals surface area contributed by atoms with E-state index in [-0.39, 0.29) is 43.0 Å². The van der Waals surface area contributed by atoms with Crippen molar-refractivity contribution in [2.24, 2.45) is 5.92 Å². The van der Waals surface area contributed by atoms with Gasteiger partial charge in [0.1, 0.15) is 23.5 Å². The van der Waals surface area contributed by atoms with E-state index in [0.29, 0.717) is 23.7 Å². The third kappa shape index (κ3) is 6.40. The monoisotopic (exact) mass is 512 g/mol. The molecule has 1 saturated heterocycles. The highest BCUT2D eigenvalue weighted by Gasteiger charge is 2.36. The summed E-state index contributed by atoms with van der Waals surface area (Å²) in [5, 5.41) is 0.578. The van der Waals surface area contributed by atoms with Crippen molar-refractivity contribution < 1.29 is 23.1 Å². The molecular formula is C28H27ClF2N2O3. The first kappa shape index (κ1) is 25.6. The predicted octanol–water partition coefficient (Wildman–Crippen LogP) is 5.58. The zero-order chi connectivity index (χ0) is 25.7. The number of halogens is 3. The van der Waals surface area contributed by atoms with Crippen LogP contribution in [0.1, 0.15) is 28.8 Å². The smallest absolute Gasteiger partial charge is 0.256 e. The lowest BCUT2D eigenvalue weighted by Gasteiger charge is -2.39. The Hall–Kier alpha value is -3.45. The van der Waals surface area contributed by atoms with Gasteiger partial charge in [0.2, 0.25) is 5.91 Å². The van der Waals surface area contributed by atoms with Crippen LogP contribution in [0.4, 0.5) is 8.78 Å². The third-order valence-electron chi connectivity index (χ3n) is 6.34. The normalized spacial score (nSPS) is 17.5. The van der Waals surface area contributed by atoms with E-state index in [2.05, 4.69) is 0 Å². The lowest BCUT2D eigenvalue weighted by atomic mass is 9.90. The molecule has 1 heterocycles. The summed E-state index contributed by atoms with van der Waals surface area (Å²) in [5.74, 6) is -1.91. The van der Waals surface area contributed by atoms with Crippen LogP contribution in [0.5, 0.6) is 5.75 Å². The molecule has 2 amide bonds. The van der Waals surface area contributed by atoms with Crippen LogP contribution in [-0.4, -0.2) is 47.9 Å². The Bertz CT molecular complexity index is 1210. The van der Waals surface area contributed by atoms with Crippen molar-refractivity contribution in [2.75, 3.05) is 20.1 Å². The summed E-state index contributed by atoms with van der Waals surface area (Å²) in [7, 11) is 1.73. The van der Waals surface area contributed by atoms with Crippen molar-refractivity contribution in [1.82, 2.24) is 9.80 Å². The minimum Gasteiger partial charge on any atom is -0.490 e. The molecule has 4 rings (SSSR count). The van der Waals surface area contributed by atoms with Crippen molar-refractivity contribution >= 4 is 23.4 Å². The molecule has 3 aromatic carbocycles. The topological polar surface area (TPSA) is 49.9 Å². The molecule has 8 heteroatoms. The Kier molecular flexibility index (Phi) is 8.21. The first-order chi connectivity index (χ1) is 17.3. The zero-order valence-corrected chi connectivity index (χ0v) is 20.6. The van der Waals surface area contributed by atoms with Crippen molar-refractivity contribution in [3.63, 3.8) is 0 Å². The predicted molar refractivity (Wildman–Crippen MR) is 134 cm³/mol. The number of amides is 2. The molecule has 3 aromatic rings. The zero-order valence-electron chi connectivity index (χ0n) is 19.9. The second-order valence-corrected chi connectivity index (χ2v) is 9.41. The average molecular weight is 513 g/mol. The fourth-order valence-corrected chi connectivity index (χ4v) is 4.52. The minimum absolute atomic E-state index is 0.0974. The van der Waals surface area contributed by atoms with Crippen molar-refractivity contribution in [3.05, 3.63) is 101 Å². The van der Waals surface area contributed by atoms with Gasteiger partial charge in [-0.25, -0.2) is 8.78 Å². The average Bonchev–Trinajstić information content (AvgIpc) is 2.88. The fourth-order valence-electron chi connectivity index (χ4n) is 4.39. The number of nitrogens with zero attached hydrogens (tertiary/aromatic N) is 2. The lowest BCUT2D eigenvalue weighted by Crippen LogP contribution is -2.49. The van der Waals surface area contributed by atoms with Gasteiger partial charge in [-0.2, -0.15) is 0 Å². The van der Waals surface area contributed by atoms with Gasteiger partial charge in [-0.1, -0.05) is 41.9 Å². The van der Waals surface area contributed by atoms with Crippen LogP contribution < -0.4 is 4.74 Å². The number of benzene rings is 3. The number of carbonyl (C=O) groups excluding carboxylic acids is 2. The van der Waals surface area contributed by atoms with E-state index in [0.717, 1.165) is 23.8 Å². The second-order valence-electron chi connectivity index (χ2n) is 8.97. The maximum Gasteiger partial charge on any atom is 0.256 e. The quantitative estimate of drug-likeness (QED) is 0.415. The molecule has 2 atom stereocenters. The standard InChI is InChI=1S/C28H27ClF2N2O3/c1-32(17-19-5-3-2-4-6-19)27(34)15-20-18-33(28(35)24-16-22(30)9-12-25(24)31)14-13-26(20)36-23-10-7-21(29)8-11-23/h2-12,16,20,26H,13-15,17-18H2,1H3/t20-,26-/m0/s1. The summed E-state index contributed by atoms with van der Waals surface area (Å²) in [6, 6.07) is 19.4. The van der Waals surface area contributed by atoms with Gasteiger partial charge in [0, 0.05) is 50.5 Å². The molecule has 0 unspecified atom stereocenters. The third-order valence-corrected chi connectivity index (χ3v) is 6.59. The largest absolute Gasteiger partial charge is 0.490 e. The Morgan fingerprint density at radius 2 is 1.78 bits per heavy atom. The van der Waals surface area contributed by atoms with Crippen LogP contribution in [0.25, 0.3) is 0 Å². The van der Waals surface area contributed by atoms with Gasteiger partial charge >= 0.3 is 0 Å². The molecule has 0 N–H and O–H groups in total. The molecule has 0 aromatic heterocycles. The van der Waals surface area contributed by atoms with E-state index in [4.69, 9.17) is 16.3 Å². The van der Waals surface area contributed by atoms with Gasteiger partial charge in [0.25, 0.3) is 5.91 Å². The van der Waals surface area contributed by atoms with Crippen LogP contribution in [0.15, 0.2) is 72.8 Å². The van der Waals surface area contributed by atoms with E-state index < -0.39 is 17.5 Å². The van der Waals surface area contributed by atoms with Gasteiger partial charge < -0.3 is 14.5 Å². The first-order valence-corrected chi connectivity index (χ1v) is 12.1. The van der Waals surface area contributed by atoms with Crippen LogP contribution in [0, 0.1) is 17.6 Å². The van der Waals surface area contributed by atoms with Gasteiger partial charge in [-0.15, -0.1) is 0 Å². The molecule has 0 saturated carbocycles. The molecule has 1 aliphatic heterocycles. The number of rotatable bonds is 7. The summed E-state index contributed by atoms with van der Waals surface area (Å²) in [4.78, 5) is 29.3. The maximum absolute atomic E-state index is 14.3. The van der Waals surface area contributed by atoms with E-state index in [1.54, 1.807) is 36.2 Å². The van der Waals surface area contributed by atoms with Crippen LogP contribution in [0.2, 0.25) is 5.02 Å². The van der Waals surface area contributed by atoms with Crippen molar-refractivity contribution in [2.45, 2.75) is 25.5 Å². The highest BCUT2D eigenvalue weighted by molar-refractivity contribution is 6.30. The summed E-state index contributed by atoms with van der Waals surface area (Å²) < 4.78 is 34.2. The van der Waals surface area contributed by atoms with E-state index in [1.165, 1.54) is 4.90 Å². The van der Waals surface area contributed by atoms with Crippen LogP contribution >= 0.6 is 11.6 Å². The molecule has 5 nitrogen and oxygen atoms in total. The van der Waals surface area contributed by atoms with Gasteiger partial charge in [0.15, 0.2) is 0 Å². The highest BCUT2D eigenvalue weighted by Crippen LogP contribution is 2.28. The SMILES string of the molecule is CN(Cc1ccccc1)C(=O)C[C@H]1CN(C(=O)c2cc(F)ccc2F)CC[C@@H]1Oc1ccc(Cl)cc1. The number of piperidine rings is 1. The van der Waals surface area contributed by atoms with Crippen molar-refractivity contribution in [3.8, 4) is 5.75 Å². The second kappa shape index (κ2) is 11.5. The van der Waals surface area contributed by atoms with Crippen LogP contribution in [-0.2, 0) is 11.3 Å². The summed E-state index contributed by atoms with van der Waals surface area (Å²) in [6.07, 6.45) is 0.226. The molecule has 36 heavy (non-hydrogen) atoms. The van der Waals surface area contributed by atoms with E-state index in [1.807, 2.05) is 30.3 Å². The number of ether oxygens (including phenoxy) is 1. The molecule has 1 aliphatic rings. The summed E-state index contributed by atoms with van der Waals surface area (Å²) >= 11 is 5.98.